The highest BCUT2D eigenvalue weighted by Gasteiger charge is 2.54. The monoisotopic (exact) mass is 375 g/mol. The number of carbonyl (C=O) groups excluding carboxylic acids is 1. The van der Waals surface area contributed by atoms with Crippen LogP contribution in [0.5, 0.6) is 0 Å². The molecule has 2 fully saturated rings. The molecular weight excluding hydrogens is 342 g/mol. The number of piperidine rings is 1. The molecule has 0 N–H and O–H groups in total. The van der Waals surface area contributed by atoms with E-state index in [1.807, 2.05) is 0 Å². The molecule has 3 atom stereocenters. The Bertz CT molecular complexity index is 897. The van der Waals surface area contributed by atoms with Crippen LogP contribution < -0.4 is 0 Å². The number of ketones is 1. The lowest BCUT2D eigenvalue weighted by molar-refractivity contribution is -0.132. The lowest BCUT2D eigenvalue weighted by atomic mass is 9.68. The van der Waals surface area contributed by atoms with Gasteiger partial charge in [0.05, 0.1) is 0 Å². The molecule has 1 aliphatic heterocycles. The maximum absolute atomic E-state index is 13.6. The predicted molar refractivity (Wildman–Crippen MR) is 116 cm³/mol. The minimum Gasteiger partial charge on any atom is -0.299 e. The van der Waals surface area contributed by atoms with Crippen molar-refractivity contribution in [1.82, 2.24) is 4.90 Å². The van der Waals surface area contributed by atoms with Crippen LogP contribution in [0.4, 0.5) is 0 Å². The number of rotatable bonds is 2. The van der Waals surface area contributed by atoms with Gasteiger partial charge in [0.15, 0.2) is 0 Å². The van der Waals surface area contributed by atoms with Crippen molar-refractivity contribution in [2.24, 2.45) is 5.41 Å². The lowest BCUT2D eigenvalue weighted by Crippen LogP contribution is -2.46. The summed E-state index contributed by atoms with van der Waals surface area (Å²) in [4.78, 5) is 16.0. The smallest absolute Gasteiger partial charge is 0.141 e. The van der Waals surface area contributed by atoms with E-state index in [0.29, 0.717) is 18.1 Å². The van der Waals surface area contributed by atoms with E-state index in [1.54, 1.807) is 0 Å². The Morgan fingerprint density at radius 2 is 1.71 bits per heavy atom. The molecule has 2 aromatic rings. The van der Waals surface area contributed by atoms with Crippen molar-refractivity contribution in [2.75, 3.05) is 13.6 Å². The molecule has 28 heavy (non-hydrogen) atoms. The zero-order valence-corrected chi connectivity index (χ0v) is 18.0. The first kappa shape index (κ1) is 19.4. The summed E-state index contributed by atoms with van der Waals surface area (Å²) in [6, 6.07) is 13.7. The van der Waals surface area contributed by atoms with Crippen LogP contribution in [-0.2, 0) is 4.79 Å². The van der Waals surface area contributed by atoms with Gasteiger partial charge in [-0.15, -0.1) is 0 Å². The Hall–Kier alpha value is -1.93. The van der Waals surface area contributed by atoms with Gasteiger partial charge in [-0.05, 0) is 88.7 Å². The minimum absolute atomic E-state index is 0.200. The van der Waals surface area contributed by atoms with Gasteiger partial charge in [-0.3, -0.25) is 9.69 Å². The van der Waals surface area contributed by atoms with Crippen LogP contribution in [0.15, 0.2) is 36.4 Å². The highest BCUT2D eigenvalue weighted by atomic mass is 16.1. The Morgan fingerprint density at radius 3 is 2.43 bits per heavy atom. The van der Waals surface area contributed by atoms with Crippen LogP contribution in [0.2, 0.25) is 0 Å². The molecule has 0 aromatic heterocycles. The van der Waals surface area contributed by atoms with Gasteiger partial charge in [0.25, 0.3) is 0 Å². The average molecular weight is 376 g/mol. The lowest BCUT2D eigenvalue weighted by Gasteiger charge is -2.46. The fraction of sp³-hybridized carbons (Fsp3) is 0.500. The standard InChI is InChI=1S/C26H33NO/c1-17-7-9-21(10-8-17)25-26(11-6-12-27(25)5)16-22(15-24(26)28)23-14-18(2)13-19(3)20(23)4/h7-10,13-14,22,25H,6,11-12,15-16H2,1-5H3. The molecule has 148 valence electrons. The highest BCUT2D eigenvalue weighted by molar-refractivity contribution is 5.89. The van der Waals surface area contributed by atoms with Crippen LogP contribution in [0.1, 0.15) is 71.0 Å². The summed E-state index contributed by atoms with van der Waals surface area (Å²) in [5.74, 6) is 0.832. The van der Waals surface area contributed by atoms with E-state index in [1.165, 1.54) is 33.4 Å². The fourth-order valence-corrected chi connectivity index (χ4v) is 5.93. The van der Waals surface area contributed by atoms with Crippen LogP contribution in [-0.4, -0.2) is 24.3 Å². The van der Waals surface area contributed by atoms with E-state index in [9.17, 15) is 4.79 Å². The van der Waals surface area contributed by atoms with Crippen LogP contribution in [0.3, 0.4) is 0 Å². The summed E-state index contributed by atoms with van der Waals surface area (Å²) in [6.07, 6.45) is 3.82. The van der Waals surface area contributed by atoms with Crippen molar-refractivity contribution in [3.63, 3.8) is 0 Å². The summed E-state index contributed by atoms with van der Waals surface area (Å²) in [5.41, 5.74) is 7.77. The highest BCUT2D eigenvalue weighted by Crippen LogP contribution is 2.57. The van der Waals surface area contributed by atoms with Gasteiger partial charge < -0.3 is 0 Å². The van der Waals surface area contributed by atoms with E-state index >= 15 is 0 Å². The summed E-state index contributed by atoms with van der Waals surface area (Å²) in [7, 11) is 2.20. The number of hydrogen-bond acceptors (Lipinski definition) is 2. The van der Waals surface area contributed by atoms with E-state index < -0.39 is 0 Å². The quantitative estimate of drug-likeness (QED) is 0.659. The van der Waals surface area contributed by atoms with Gasteiger partial charge in [0, 0.05) is 17.9 Å². The molecule has 0 bridgehead atoms. The second-order valence-electron chi connectivity index (χ2n) is 9.38. The number of Topliss-reactive ketones (excluding diaryl/α,β-unsaturated/α-hetero) is 1. The van der Waals surface area contributed by atoms with Gasteiger partial charge in [0.2, 0.25) is 0 Å². The van der Waals surface area contributed by atoms with Gasteiger partial charge in [-0.1, -0.05) is 47.5 Å². The SMILES string of the molecule is Cc1ccc(C2N(C)CCCC23CC(c2cc(C)cc(C)c2C)CC3=O)cc1. The number of benzene rings is 2. The van der Waals surface area contributed by atoms with E-state index in [2.05, 4.69) is 76.0 Å². The molecule has 1 saturated heterocycles. The molecule has 2 heteroatoms. The summed E-state index contributed by atoms with van der Waals surface area (Å²) >= 11 is 0. The van der Waals surface area contributed by atoms with E-state index in [0.717, 1.165) is 25.8 Å². The van der Waals surface area contributed by atoms with Gasteiger partial charge in [-0.25, -0.2) is 0 Å². The number of aryl methyl sites for hydroxylation is 3. The molecule has 1 heterocycles. The molecule has 1 saturated carbocycles. The number of likely N-dealkylation sites (tertiary alicyclic amines) is 1. The minimum atomic E-state index is -0.239. The van der Waals surface area contributed by atoms with E-state index in [4.69, 9.17) is 0 Å². The number of carbonyl (C=O) groups is 1. The van der Waals surface area contributed by atoms with Crippen LogP contribution in [0.25, 0.3) is 0 Å². The van der Waals surface area contributed by atoms with Crippen molar-refractivity contribution in [1.29, 1.82) is 0 Å². The van der Waals surface area contributed by atoms with Crippen LogP contribution in [0, 0.1) is 33.1 Å². The second-order valence-corrected chi connectivity index (χ2v) is 9.38. The largest absolute Gasteiger partial charge is 0.299 e. The molecule has 4 rings (SSSR count). The average Bonchev–Trinajstić information content (AvgIpc) is 2.96. The zero-order valence-electron chi connectivity index (χ0n) is 18.0. The topological polar surface area (TPSA) is 20.3 Å². The van der Waals surface area contributed by atoms with Gasteiger partial charge >= 0.3 is 0 Å². The zero-order chi connectivity index (χ0) is 20.1. The van der Waals surface area contributed by atoms with Crippen LogP contribution >= 0.6 is 0 Å². The third kappa shape index (κ3) is 3.12. The van der Waals surface area contributed by atoms with E-state index in [-0.39, 0.29) is 11.5 Å². The van der Waals surface area contributed by atoms with Gasteiger partial charge in [-0.2, -0.15) is 0 Å². The van der Waals surface area contributed by atoms with Crippen molar-refractivity contribution < 1.29 is 4.79 Å². The Labute approximate surface area is 170 Å². The molecule has 0 amide bonds. The maximum atomic E-state index is 13.6. The molecular formula is C26H33NO. The second kappa shape index (κ2) is 7.15. The van der Waals surface area contributed by atoms with Crippen molar-refractivity contribution in [3.8, 4) is 0 Å². The first-order valence-corrected chi connectivity index (χ1v) is 10.7. The molecule has 1 aliphatic carbocycles. The first-order valence-electron chi connectivity index (χ1n) is 10.7. The fourth-order valence-electron chi connectivity index (χ4n) is 5.93. The van der Waals surface area contributed by atoms with Crippen molar-refractivity contribution in [3.05, 3.63) is 69.8 Å². The normalized spacial score (nSPS) is 28.2. The number of hydrogen-bond donors (Lipinski definition) is 0. The molecule has 2 aromatic carbocycles. The predicted octanol–water partition coefficient (Wildman–Crippen LogP) is 5.82. The molecule has 3 unspecified atom stereocenters. The molecule has 1 spiro atoms. The third-order valence-corrected chi connectivity index (χ3v) is 7.38. The molecule has 2 nitrogen and oxygen atoms in total. The molecule has 0 radical (unpaired) electrons. The Kier molecular flexibility index (Phi) is 4.95. The summed E-state index contributed by atoms with van der Waals surface area (Å²) in [5, 5.41) is 0. The maximum Gasteiger partial charge on any atom is 0.141 e. The summed E-state index contributed by atoms with van der Waals surface area (Å²) < 4.78 is 0. The molecule has 2 aliphatic rings. The first-order chi connectivity index (χ1) is 13.3. The van der Waals surface area contributed by atoms with Gasteiger partial charge in [0.1, 0.15) is 5.78 Å². The third-order valence-electron chi connectivity index (χ3n) is 7.38. The van der Waals surface area contributed by atoms with Crippen molar-refractivity contribution >= 4 is 5.78 Å². The number of nitrogens with zero attached hydrogens (tertiary/aromatic N) is 1. The summed E-state index contributed by atoms with van der Waals surface area (Å²) in [6.45, 7) is 9.79. The Balaban J connectivity index is 1.75. The van der Waals surface area contributed by atoms with Crippen molar-refractivity contribution in [2.45, 2.75) is 65.3 Å². The Morgan fingerprint density at radius 1 is 1.00 bits per heavy atom.